The van der Waals surface area contributed by atoms with E-state index >= 15 is 0 Å². The van der Waals surface area contributed by atoms with E-state index in [2.05, 4.69) is 83.7 Å². The first kappa shape index (κ1) is 16.7. The van der Waals surface area contributed by atoms with Crippen LogP contribution in [0.3, 0.4) is 0 Å². The highest BCUT2D eigenvalue weighted by atomic mass is 79.9. The van der Waals surface area contributed by atoms with Crippen molar-refractivity contribution >= 4 is 22.2 Å². The van der Waals surface area contributed by atoms with E-state index < -0.39 is 0 Å². The Labute approximate surface area is 146 Å². The van der Waals surface area contributed by atoms with E-state index in [1.54, 1.807) is 11.3 Å². The quantitative estimate of drug-likeness (QED) is 0.688. The summed E-state index contributed by atoms with van der Waals surface area (Å²) in [5.74, 6) is 0. The van der Waals surface area contributed by atoms with Gasteiger partial charge < -0.3 is 17.0 Å². The van der Waals surface area contributed by atoms with Gasteiger partial charge in [0.2, 0.25) is 0 Å². The molecule has 0 amide bonds. The first-order chi connectivity index (χ1) is 10.3. The Morgan fingerprint density at radius 1 is 1.00 bits per heavy atom. The van der Waals surface area contributed by atoms with Crippen molar-refractivity contribution < 1.29 is 21.5 Å². The molecule has 2 aromatic carbocycles. The van der Waals surface area contributed by atoms with Crippen LogP contribution in [0.25, 0.3) is 11.3 Å². The second-order valence-electron chi connectivity index (χ2n) is 5.03. The summed E-state index contributed by atoms with van der Waals surface area (Å²) in [6, 6.07) is 19.0. The summed E-state index contributed by atoms with van der Waals surface area (Å²) in [5.41, 5.74) is 4.93. The third kappa shape index (κ3) is 3.57. The van der Waals surface area contributed by atoms with Gasteiger partial charge in [-0.3, -0.25) is 0 Å². The molecule has 0 unspecified atom stereocenters. The normalized spacial score (nSPS) is 10.1. The van der Waals surface area contributed by atoms with Gasteiger partial charge in [-0.15, -0.1) is 0 Å². The highest BCUT2D eigenvalue weighted by molar-refractivity contribution is 7.13. The van der Waals surface area contributed by atoms with Crippen molar-refractivity contribution in [2.75, 3.05) is 5.32 Å². The summed E-state index contributed by atoms with van der Waals surface area (Å²) in [7, 11) is 0. The lowest BCUT2D eigenvalue weighted by molar-refractivity contribution is -0.664. The zero-order chi connectivity index (χ0) is 14.7. The Bertz CT molecular complexity index is 721. The van der Waals surface area contributed by atoms with Gasteiger partial charge in [-0.1, -0.05) is 59.4 Å². The molecule has 0 fully saturated rings. The van der Waals surface area contributed by atoms with Gasteiger partial charge in [-0.2, -0.15) is 0 Å². The van der Waals surface area contributed by atoms with Gasteiger partial charge >= 0.3 is 5.13 Å². The fourth-order valence-electron chi connectivity index (χ4n) is 2.35. The topological polar surface area (TPSA) is 15.9 Å². The molecule has 3 rings (SSSR count). The summed E-state index contributed by atoms with van der Waals surface area (Å²) in [5, 5.41) is 6.91. The first-order valence-corrected chi connectivity index (χ1v) is 8.06. The van der Waals surface area contributed by atoms with Crippen molar-refractivity contribution in [3.05, 3.63) is 65.5 Å². The van der Waals surface area contributed by atoms with Gasteiger partial charge in [0, 0.05) is 10.9 Å². The summed E-state index contributed by atoms with van der Waals surface area (Å²) in [6.45, 7) is 5.23. The molecular formula is C18H19BrN2S. The van der Waals surface area contributed by atoms with E-state index in [1.807, 2.05) is 0 Å². The van der Waals surface area contributed by atoms with Crippen LogP contribution in [-0.2, 0) is 6.54 Å². The van der Waals surface area contributed by atoms with Crippen LogP contribution in [0, 0.1) is 6.92 Å². The van der Waals surface area contributed by atoms with Crippen LogP contribution < -0.4 is 26.9 Å². The van der Waals surface area contributed by atoms with Crippen LogP contribution >= 0.6 is 11.3 Å². The molecule has 1 aromatic heterocycles. The molecule has 22 heavy (non-hydrogen) atoms. The first-order valence-electron chi connectivity index (χ1n) is 7.18. The van der Waals surface area contributed by atoms with Gasteiger partial charge in [-0.25, -0.2) is 9.88 Å². The molecule has 0 saturated heterocycles. The monoisotopic (exact) mass is 374 g/mol. The van der Waals surface area contributed by atoms with Crippen LogP contribution in [0.4, 0.5) is 10.8 Å². The van der Waals surface area contributed by atoms with Gasteiger partial charge in [-0.05, 0) is 26.0 Å². The maximum Gasteiger partial charge on any atom is 0.339 e. The minimum absolute atomic E-state index is 0. The third-order valence-corrected chi connectivity index (χ3v) is 4.39. The highest BCUT2D eigenvalue weighted by Gasteiger charge is 2.17. The molecule has 0 saturated carbocycles. The lowest BCUT2D eigenvalue weighted by atomic mass is 10.2. The van der Waals surface area contributed by atoms with Crippen molar-refractivity contribution in [3.63, 3.8) is 0 Å². The summed E-state index contributed by atoms with van der Waals surface area (Å²) >= 11 is 1.75. The van der Waals surface area contributed by atoms with E-state index in [1.165, 1.54) is 22.0 Å². The van der Waals surface area contributed by atoms with Crippen molar-refractivity contribution in [2.45, 2.75) is 20.4 Å². The second-order valence-corrected chi connectivity index (χ2v) is 5.89. The van der Waals surface area contributed by atoms with Crippen LogP contribution in [-0.4, -0.2) is 0 Å². The van der Waals surface area contributed by atoms with Crippen molar-refractivity contribution in [2.24, 2.45) is 0 Å². The molecule has 114 valence electrons. The fraction of sp³-hybridized carbons (Fsp3) is 0.167. The van der Waals surface area contributed by atoms with Gasteiger partial charge in [0.1, 0.15) is 11.4 Å². The molecule has 3 aromatic rings. The number of halogens is 1. The van der Waals surface area contributed by atoms with Crippen LogP contribution in [0.15, 0.2) is 60.0 Å². The standard InChI is InChI=1S/C18H18N2S.BrH/c1-3-20-17(15-7-5-4-6-8-15)13-21-18(20)19-16-11-9-14(2)10-12-16;/h4-13H,3H2,1-2H3;1H. The van der Waals surface area contributed by atoms with Gasteiger partial charge in [0.25, 0.3) is 0 Å². The Morgan fingerprint density at radius 2 is 1.68 bits per heavy atom. The number of hydrogen-bond donors (Lipinski definition) is 1. The number of benzene rings is 2. The zero-order valence-electron chi connectivity index (χ0n) is 12.7. The van der Waals surface area contributed by atoms with Crippen LogP contribution in [0.1, 0.15) is 12.5 Å². The lowest BCUT2D eigenvalue weighted by Gasteiger charge is -2.04. The number of thiazole rings is 1. The molecule has 4 heteroatoms. The Morgan fingerprint density at radius 3 is 2.32 bits per heavy atom. The van der Waals surface area contributed by atoms with E-state index in [0.717, 1.165) is 12.2 Å². The van der Waals surface area contributed by atoms with E-state index in [0.29, 0.717) is 0 Å². The molecule has 0 bridgehead atoms. The molecular weight excluding hydrogens is 356 g/mol. The average Bonchev–Trinajstić information content (AvgIpc) is 2.93. The maximum absolute atomic E-state index is 3.52. The molecule has 0 spiro atoms. The number of anilines is 2. The number of nitrogens with one attached hydrogen (secondary N) is 1. The predicted molar refractivity (Wildman–Crippen MR) is 90.1 cm³/mol. The molecule has 0 aliphatic heterocycles. The number of nitrogens with zero attached hydrogens (tertiary/aromatic N) is 1. The Kier molecular flexibility index (Phi) is 5.75. The molecule has 1 heterocycles. The number of aromatic nitrogens is 1. The average molecular weight is 375 g/mol. The van der Waals surface area contributed by atoms with Gasteiger partial charge in [0.15, 0.2) is 0 Å². The molecule has 0 atom stereocenters. The van der Waals surface area contributed by atoms with Crippen molar-refractivity contribution in [1.29, 1.82) is 0 Å². The van der Waals surface area contributed by atoms with E-state index in [4.69, 9.17) is 0 Å². The third-order valence-electron chi connectivity index (χ3n) is 3.51. The molecule has 0 aliphatic rings. The largest absolute Gasteiger partial charge is 1.00 e. The maximum atomic E-state index is 3.52. The Balaban J connectivity index is 0.00000176. The fourth-order valence-corrected chi connectivity index (χ4v) is 3.37. The van der Waals surface area contributed by atoms with Crippen molar-refractivity contribution in [1.82, 2.24) is 0 Å². The highest BCUT2D eigenvalue weighted by Crippen LogP contribution is 2.25. The van der Waals surface area contributed by atoms with Crippen molar-refractivity contribution in [3.8, 4) is 11.3 Å². The van der Waals surface area contributed by atoms with Crippen LogP contribution in [0.2, 0.25) is 0 Å². The smallest absolute Gasteiger partial charge is 0.339 e. The zero-order valence-corrected chi connectivity index (χ0v) is 15.1. The summed E-state index contributed by atoms with van der Waals surface area (Å²) < 4.78 is 2.32. The summed E-state index contributed by atoms with van der Waals surface area (Å²) in [6.07, 6.45) is 0. The predicted octanol–water partition coefficient (Wildman–Crippen LogP) is 1.78. The molecule has 2 nitrogen and oxygen atoms in total. The van der Waals surface area contributed by atoms with Crippen LogP contribution in [0.5, 0.6) is 0 Å². The van der Waals surface area contributed by atoms with E-state index in [-0.39, 0.29) is 17.0 Å². The molecule has 0 aliphatic carbocycles. The number of hydrogen-bond acceptors (Lipinski definition) is 2. The number of aryl methyl sites for hydroxylation is 1. The minimum atomic E-state index is 0. The summed E-state index contributed by atoms with van der Waals surface area (Å²) in [4.78, 5) is 0. The van der Waals surface area contributed by atoms with E-state index in [9.17, 15) is 0 Å². The Hall–Kier alpha value is -1.65. The number of rotatable bonds is 4. The van der Waals surface area contributed by atoms with Gasteiger partial charge in [0.05, 0.1) is 6.54 Å². The SMILES string of the molecule is CC[n+]1c(-c2ccccc2)csc1Nc1ccc(C)cc1.[Br-]. The molecule has 1 N–H and O–H groups in total. The minimum Gasteiger partial charge on any atom is -1.00 e. The molecule has 0 radical (unpaired) electrons. The second kappa shape index (κ2) is 7.56. The lowest BCUT2D eigenvalue weighted by Crippen LogP contribution is -3.00.